The number of carboxylic acid groups (broad SMARTS) is 1. The summed E-state index contributed by atoms with van der Waals surface area (Å²) >= 11 is 23.6. The number of rotatable bonds is 3. The van der Waals surface area contributed by atoms with Crippen molar-refractivity contribution in [3.8, 4) is 0 Å². The number of aromatic carboxylic acids is 1. The molecular formula is C14H12Cl4O4. The summed E-state index contributed by atoms with van der Waals surface area (Å²) in [5.74, 6) is -2.28. The van der Waals surface area contributed by atoms with Crippen LogP contribution in [0.1, 0.15) is 52.8 Å². The molecule has 4 nitrogen and oxygen atoms in total. The van der Waals surface area contributed by atoms with Gasteiger partial charge in [-0.1, -0.05) is 52.8 Å². The summed E-state index contributed by atoms with van der Waals surface area (Å²) in [6, 6.07) is 0. The Labute approximate surface area is 147 Å². The molecule has 0 heterocycles. The number of carboxylic acids is 1. The highest BCUT2D eigenvalue weighted by Crippen LogP contribution is 2.42. The second-order valence-electron chi connectivity index (χ2n) is 4.98. The van der Waals surface area contributed by atoms with E-state index in [1.54, 1.807) is 0 Å². The van der Waals surface area contributed by atoms with E-state index in [9.17, 15) is 14.7 Å². The molecule has 0 aliphatic heterocycles. The van der Waals surface area contributed by atoms with Crippen LogP contribution >= 0.6 is 46.4 Å². The molecule has 1 aliphatic rings. The molecule has 8 heteroatoms. The van der Waals surface area contributed by atoms with Crippen LogP contribution in [0.25, 0.3) is 0 Å². The zero-order valence-corrected chi connectivity index (χ0v) is 14.3. The minimum Gasteiger partial charge on any atom is -0.478 e. The van der Waals surface area contributed by atoms with Gasteiger partial charge < -0.3 is 9.84 Å². The number of halogens is 4. The monoisotopic (exact) mass is 384 g/mol. The fourth-order valence-electron chi connectivity index (χ4n) is 2.42. The first kappa shape index (κ1) is 17.7. The second-order valence-corrected chi connectivity index (χ2v) is 6.49. The molecule has 1 aliphatic carbocycles. The molecule has 1 aromatic carbocycles. The van der Waals surface area contributed by atoms with Crippen molar-refractivity contribution in [2.75, 3.05) is 0 Å². The summed E-state index contributed by atoms with van der Waals surface area (Å²) in [5.41, 5.74) is -0.860. The largest absolute Gasteiger partial charge is 0.478 e. The Hall–Kier alpha value is -0.680. The van der Waals surface area contributed by atoms with Crippen LogP contribution in [0.5, 0.6) is 0 Å². The molecule has 1 aromatic rings. The van der Waals surface area contributed by atoms with E-state index in [4.69, 9.17) is 51.1 Å². The quantitative estimate of drug-likeness (QED) is 0.424. The van der Waals surface area contributed by atoms with Gasteiger partial charge >= 0.3 is 11.9 Å². The van der Waals surface area contributed by atoms with Gasteiger partial charge in [-0.2, -0.15) is 0 Å². The van der Waals surface area contributed by atoms with Crippen molar-refractivity contribution in [2.45, 2.75) is 38.2 Å². The number of hydrogen-bond acceptors (Lipinski definition) is 3. The van der Waals surface area contributed by atoms with E-state index >= 15 is 0 Å². The Morgan fingerprint density at radius 1 is 0.864 bits per heavy atom. The third kappa shape index (κ3) is 3.46. The fourth-order valence-corrected chi connectivity index (χ4v) is 3.43. The maximum absolute atomic E-state index is 12.3. The molecule has 0 spiro atoms. The van der Waals surface area contributed by atoms with Crippen molar-refractivity contribution < 1.29 is 19.4 Å². The van der Waals surface area contributed by atoms with Gasteiger partial charge in [0.15, 0.2) is 0 Å². The van der Waals surface area contributed by atoms with Gasteiger partial charge in [0.05, 0.1) is 31.2 Å². The van der Waals surface area contributed by atoms with Gasteiger partial charge in [0.1, 0.15) is 6.10 Å². The van der Waals surface area contributed by atoms with Crippen molar-refractivity contribution in [1.29, 1.82) is 0 Å². The molecule has 0 saturated heterocycles. The minimum atomic E-state index is -1.43. The van der Waals surface area contributed by atoms with E-state index in [1.807, 2.05) is 0 Å². The molecule has 0 amide bonds. The average molecular weight is 386 g/mol. The molecule has 120 valence electrons. The lowest BCUT2D eigenvalue weighted by molar-refractivity contribution is 0.0207. The standard InChI is InChI=1S/C14H12Cl4O4/c15-9-7(13(19)20)8(10(16)12(18)11(9)17)14(21)22-6-4-2-1-3-5-6/h6H,1-5H2,(H,19,20). The highest BCUT2D eigenvalue weighted by molar-refractivity contribution is 6.54. The van der Waals surface area contributed by atoms with Gasteiger partial charge in [-0.25, -0.2) is 9.59 Å². The second kappa shape index (κ2) is 7.26. The van der Waals surface area contributed by atoms with E-state index in [0.29, 0.717) is 0 Å². The molecule has 0 bridgehead atoms. The minimum absolute atomic E-state index is 0.172. The van der Waals surface area contributed by atoms with Gasteiger partial charge in [0.25, 0.3) is 0 Å². The van der Waals surface area contributed by atoms with Crippen LogP contribution in [0.2, 0.25) is 20.1 Å². The third-order valence-electron chi connectivity index (χ3n) is 3.51. The van der Waals surface area contributed by atoms with E-state index in [0.717, 1.165) is 32.1 Å². The topological polar surface area (TPSA) is 63.6 Å². The Bertz CT molecular complexity index is 624. The van der Waals surface area contributed by atoms with Crippen LogP contribution in [0.4, 0.5) is 0 Å². The zero-order valence-electron chi connectivity index (χ0n) is 11.3. The number of ether oxygens (including phenoxy) is 1. The summed E-state index contributed by atoms with van der Waals surface area (Å²) in [7, 11) is 0. The number of hydrogen-bond donors (Lipinski definition) is 1. The molecule has 0 aromatic heterocycles. The van der Waals surface area contributed by atoms with Crippen molar-refractivity contribution in [1.82, 2.24) is 0 Å². The van der Waals surface area contributed by atoms with Crippen LogP contribution in [0.15, 0.2) is 0 Å². The van der Waals surface area contributed by atoms with Gasteiger partial charge in [-0.3, -0.25) is 0 Å². The normalized spacial score (nSPS) is 15.6. The van der Waals surface area contributed by atoms with Crippen molar-refractivity contribution in [2.24, 2.45) is 0 Å². The lowest BCUT2D eigenvalue weighted by atomic mass is 9.97. The summed E-state index contributed by atoms with van der Waals surface area (Å²) in [6.07, 6.45) is 4.22. The predicted molar refractivity (Wildman–Crippen MR) is 85.7 cm³/mol. The predicted octanol–water partition coefficient (Wildman–Crippen LogP) is 5.49. The first-order chi connectivity index (χ1) is 10.3. The molecule has 1 N–H and O–H groups in total. The maximum Gasteiger partial charge on any atom is 0.340 e. The summed E-state index contributed by atoms with van der Waals surface area (Å²) < 4.78 is 5.35. The molecule has 2 rings (SSSR count). The summed E-state index contributed by atoms with van der Waals surface area (Å²) in [4.78, 5) is 23.7. The van der Waals surface area contributed by atoms with Crippen molar-refractivity contribution in [3.63, 3.8) is 0 Å². The Morgan fingerprint density at radius 3 is 1.86 bits per heavy atom. The molecule has 0 unspecified atom stereocenters. The molecule has 1 saturated carbocycles. The first-order valence-corrected chi connectivity index (χ1v) is 8.16. The molecule has 1 fully saturated rings. The molecule has 0 radical (unpaired) electrons. The Balaban J connectivity index is 2.44. The smallest absolute Gasteiger partial charge is 0.340 e. The van der Waals surface area contributed by atoms with E-state index < -0.39 is 17.5 Å². The van der Waals surface area contributed by atoms with Crippen LogP contribution < -0.4 is 0 Å². The maximum atomic E-state index is 12.3. The molecular weight excluding hydrogens is 374 g/mol. The van der Waals surface area contributed by atoms with Crippen LogP contribution in [0, 0.1) is 0 Å². The highest BCUT2D eigenvalue weighted by Gasteiger charge is 2.31. The lowest BCUT2D eigenvalue weighted by Gasteiger charge is -2.23. The SMILES string of the molecule is O=C(O)c1c(Cl)c(Cl)c(Cl)c(Cl)c1C(=O)OC1CCCCC1. The highest BCUT2D eigenvalue weighted by atomic mass is 35.5. The van der Waals surface area contributed by atoms with E-state index in [1.165, 1.54) is 0 Å². The Morgan fingerprint density at radius 2 is 1.36 bits per heavy atom. The number of carbonyl (C=O) groups excluding carboxylic acids is 1. The van der Waals surface area contributed by atoms with Crippen molar-refractivity contribution in [3.05, 3.63) is 31.2 Å². The Kier molecular flexibility index (Phi) is 5.83. The first-order valence-electron chi connectivity index (χ1n) is 6.64. The number of esters is 1. The number of carbonyl (C=O) groups is 2. The van der Waals surface area contributed by atoms with E-state index in [2.05, 4.69) is 0 Å². The van der Waals surface area contributed by atoms with Crippen LogP contribution in [-0.4, -0.2) is 23.1 Å². The summed E-state index contributed by atoms with van der Waals surface area (Å²) in [6.45, 7) is 0. The van der Waals surface area contributed by atoms with Crippen LogP contribution in [0.3, 0.4) is 0 Å². The molecule has 0 atom stereocenters. The average Bonchev–Trinajstić information content (AvgIpc) is 2.49. The lowest BCUT2D eigenvalue weighted by Crippen LogP contribution is -2.23. The third-order valence-corrected chi connectivity index (χ3v) is 5.31. The fraction of sp³-hybridized carbons (Fsp3) is 0.429. The van der Waals surface area contributed by atoms with Crippen molar-refractivity contribution >= 4 is 58.3 Å². The van der Waals surface area contributed by atoms with Crippen LogP contribution in [-0.2, 0) is 4.74 Å². The summed E-state index contributed by atoms with van der Waals surface area (Å²) in [5, 5.41) is 8.30. The van der Waals surface area contributed by atoms with Gasteiger partial charge in [0, 0.05) is 0 Å². The molecule has 22 heavy (non-hydrogen) atoms. The van der Waals surface area contributed by atoms with Gasteiger partial charge in [-0.05, 0) is 25.7 Å². The number of benzene rings is 1. The zero-order chi connectivity index (χ0) is 16.4. The van der Waals surface area contributed by atoms with E-state index in [-0.39, 0.29) is 31.8 Å². The van der Waals surface area contributed by atoms with Gasteiger partial charge in [-0.15, -0.1) is 0 Å². The van der Waals surface area contributed by atoms with Gasteiger partial charge in [0.2, 0.25) is 0 Å².